The number of benzene rings is 1. The van der Waals surface area contributed by atoms with Crippen molar-refractivity contribution in [1.29, 1.82) is 0 Å². The summed E-state index contributed by atoms with van der Waals surface area (Å²) in [6.45, 7) is 0.785. The van der Waals surface area contributed by atoms with Gasteiger partial charge in [0.05, 0.1) is 12.2 Å². The molecule has 4 nitrogen and oxygen atoms in total. The van der Waals surface area contributed by atoms with Crippen LogP contribution in [-0.4, -0.2) is 20.8 Å². The lowest BCUT2D eigenvalue weighted by Crippen LogP contribution is -2.33. The Morgan fingerprint density at radius 1 is 1.15 bits per heavy atom. The minimum Gasteiger partial charge on any atom is -0.307 e. The van der Waals surface area contributed by atoms with Crippen molar-refractivity contribution < 1.29 is 0 Å². The molecule has 0 aliphatic heterocycles. The van der Waals surface area contributed by atoms with E-state index in [1.54, 1.807) is 6.33 Å². The summed E-state index contributed by atoms with van der Waals surface area (Å²) < 4.78 is 1.85. The first-order valence-corrected chi connectivity index (χ1v) is 7.58. The van der Waals surface area contributed by atoms with Crippen LogP contribution in [0.3, 0.4) is 0 Å². The van der Waals surface area contributed by atoms with E-state index in [0.29, 0.717) is 6.04 Å². The Morgan fingerprint density at radius 3 is 2.80 bits per heavy atom. The summed E-state index contributed by atoms with van der Waals surface area (Å²) in [4.78, 5) is 4.40. The predicted octanol–water partition coefficient (Wildman–Crippen LogP) is 2.55. The molecule has 1 aromatic carbocycles. The van der Waals surface area contributed by atoms with Gasteiger partial charge >= 0.3 is 0 Å². The molecule has 4 rings (SSSR count). The van der Waals surface area contributed by atoms with Gasteiger partial charge in [-0.25, -0.2) is 9.67 Å². The second-order valence-corrected chi connectivity index (χ2v) is 6.10. The Kier molecular flexibility index (Phi) is 3.03. The van der Waals surface area contributed by atoms with Crippen molar-refractivity contribution in [3.8, 4) is 5.69 Å². The molecule has 0 spiro atoms. The number of nitrogens with one attached hydrogen (secondary N) is 1. The van der Waals surface area contributed by atoms with Crippen LogP contribution in [0.5, 0.6) is 0 Å². The average molecular weight is 268 g/mol. The summed E-state index contributed by atoms with van der Waals surface area (Å²) in [6, 6.07) is 10.8. The molecule has 20 heavy (non-hydrogen) atoms. The molecule has 2 aliphatic rings. The average Bonchev–Trinajstić information content (AvgIpc) is 3.22. The highest BCUT2D eigenvalue weighted by molar-refractivity contribution is 5.29. The van der Waals surface area contributed by atoms with Crippen molar-refractivity contribution in [2.45, 2.75) is 38.3 Å². The molecule has 3 unspecified atom stereocenters. The molecule has 1 aromatic heterocycles. The largest absolute Gasteiger partial charge is 0.307 e. The molecule has 2 saturated carbocycles. The van der Waals surface area contributed by atoms with Gasteiger partial charge in [0.1, 0.15) is 6.33 Å². The summed E-state index contributed by atoms with van der Waals surface area (Å²) in [5.41, 5.74) is 1.06. The van der Waals surface area contributed by atoms with E-state index < -0.39 is 0 Å². The van der Waals surface area contributed by atoms with Crippen molar-refractivity contribution in [3.63, 3.8) is 0 Å². The van der Waals surface area contributed by atoms with Crippen LogP contribution in [0.15, 0.2) is 36.7 Å². The van der Waals surface area contributed by atoms with Crippen LogP contribution < -0.4 is 5.32 Å². The van der Waals surface area contributed by atoms with E-state index >= 15 is 0 Å². The number of para-hydroxylation sites is 1. The molecule has 1 heterocycles. The van der Waals surface area contributed by atoms with Crippen molar-refractivity contribution >= 4 is 0 Å². The van der Waals surface area contributed by atoms with Gasteiger partial charge in [0, 0.05) is 6.04 Å². The number of hydrogen-bond acceptors (Lipinski definition) is 3. The Morgan fingerprint density at radius 2 is 2.05 bits per heavy atom. The molecule has 2 aliphatic carbocycles. The number of fused-ring (bicyclic) bond motifs is 2. The standard InChI is InChI=1S/C16H20N4/c1-2-4-14(5-3-1)20-11-18-16(19-20)10-17-15-9-12-6-7-13(15)8-12/h1-5,11-13,15,17H,6-10H2. The molecule has 0 radical (unpaired) electrons. The lowest BCUT2D eigenvalue weighted by atomic mass is 9.95. The van der Waals surface area contributed by atoms with Crippen molar-refractivity contribution in [1.82, 2.24) is 20.1 Å². The number of rotatable bonds is 4. The molecule has 0 amide bonds. The van der Waals surface area contributed by atoms with Crippen LogP contribution in [0.1, 0.15) is 31.5 Å². The van der Waals surface area contributed by atoms with Crippen LogP contribution in [0.25, 0.3) is 5.69 Å². The highest BCUT2D eigenvalue weighted by atomic mass is 15.3. The van der Waals surface area contributed by atoms with E-state index in [2.05, 4.69) is 15.4 Å². The van der Waals surface area contributed by atoms with Crippen LogP contribution in [0, 0.1) is 11.8 Å². The zero-order valence-corrected chi connectivity index (χ0v) is 11.6. The van der Waals surface area contributed by atoms with Gasteiger partial charge in [-0.2, -0.15) is 0 Å². The third-order valence-corrected chi connectivity index (χ3v) is 4.82. The van der Waals surface area contributed by atoms with Crippen LogP contribution in [0.4, 0.5) is 0 Å². The molecule has 0 saturated heterocycles. The van der Waals surface area contributed by atoms with Crippen molar-refractivity contribution in [2.75, 3.05) is 0 Å². The van der Waals surface area contributed by atoms with E-state index in [9.17, 15) is 0 Å². The first kappa shape index (κ1) is 12.1. The summed E-state index contributed by atoms with van der Waals surface area (Å²) >= 11 is 0. The summed E-state index contributed by atoms with van der Waals surface area (Å²) in [5, 5.41) is 8.20. The number of nitrogens with zero attached hydrogens (tertiary/aromatic N) is 3. The van der Waals surface area contributed by atoms with E-state index in [0.717, 1.165) is 29.9 Å². The van der Waals surface area contributed by atoms with Gasteiger partial charge < -0.3 is 5.32 Å². The highest BCUT2D eigenvalue weighted by Gasteiger charge is 2.39. The van der Waals surface area contributed by atoms with Gasteiger partial charge in [0.2, 0.25) is 0 Å². The van der Waals surface area contributed by atoms with Crippen LogP contribution in [0.2, 0.25) is 0 Å². The van der Waals surface area contributed by atoms with Crippen molar-refractivity contribution in [2.24, 2.45) is 11.8 Å². The maximum atomic E-state index is 4.55. The second kappa shape index (κ2) is 5.02. The zero-order chi connectivity index (χ0) is 13.4. The fraction of sp³-hybridized carbons (Fsp3) is 0.500. The molecule has 2 bridgehead atoms. The topological polar surface area (TPSA) is 42.7 Å². The molecular weight excluding hydrogens is 248 g/mol. The first-order chi connectivity index (χ1) is 9.88. The highest BCUT2D eigenvalue weighted by Crippen LogP contribution is 2.44. The Labute approximate surface area is 119 Å². The first-order valence-electron chi connectivity index (χ1n) is 7.58. The van der Waals surface area contributed by atoms with Crippen LogP contribution in [-0.2, 0) is 6.54 Å². The molecule has 2 aromatic rings. The van der Waals surface area contributed by atoms with Gasteiger partial charge in [0.25, 0.3) is 0 Å². The molecule has 3 atom stereocenters. The minimum absolute atomic E-state index is 0.692. The summed E-state index contributed by atoms with van der Waals surface area (Å²) in [6.07, 6.45) is 7.44. The predicted molar refractivity (Wildman–Crippen MR) is 77.4 cm³/mol. The molecule has 2 fully saturated rings. The molecule has 4 heteroatoms. The van der Waals surface area contributed by atoms with Gasteiger partial charge in [-0.3, -0.25) is 0 Å². The molecular formula is C16H20N4. The van der Waals surface area contributed by atoms with Crippen LogP contribution >= 0.6 is 0 Å². The number of hydrogen-bond donors (Lipinski definition) is 1. The third-order valence-electron chi connectivity index (χ3n) is 4.82. The monoisotopic (exact) mass is 268 g/mol. The Bertz CT molecular complexity index is 577. The van der Waals surface area contributed by atoms with Gasteiger partial charge in [-0.1, -0.05) is 24.6 Å². The lowest BCUT2D eigenvalue weighted by molar-refractivity contribution is 0.348. The zero-order valence-electron chi connectivity index (χ0n) is 11.6. The Balaban J connectivity index is 1.39. The van der Waals surface area contributed by atoms with Gasteiger partial charge in [0.15, 0.2) is 5.82 Å². The Hall–Kier alpha value is -1.68. The fourth-order valence-electron chi connectivity index (χ4n) is 3.80. The smallest absolute Gasteiger partial charge is 0.164 e. The van der Waals surface area contributed by atoms with E-state index in [-0.39, 0.29) is 0 Å². The fourth-order valence-corrected chi connectivity index (χ4v) is 3.80. The maximum Gasteiger partial charge on any atom is 0.164 e. The normalized spacial score (nSPS) is 28.1. The van der Waals surface area contributed by atoms with Gasteiger partial charge in [-0.05, 0) is 43.2 Å². The quantitative estimate of drug-likeness (QED) is 0.926. The SMILES string of the molecule is c1ccc(-n2cnc(CNC3CC4CCC3C4)n2)cc1. The van der Waals surface area contributed by atoms with E-state index in [4.69, 9.17) is 0 Å². The second-order valence-electron chi connectivity index (χ2n) is 6.10. The van der Waals surface area contributed by atoms with E-state index in [1.165, 1.54) is 25.7 Å². The summed E-state index contributed by atoms with van der Waals surface area (Å²) in [5.74, 6) is 2.76. The molecule has 1 N–H and O–H groups in total. The van der Waals surface area contributed by atoms with Gasteiger partial charge in [-0.15, -0.1) is 5.10 Å². The van der Waals surface area contributed by atoms with E-state index in [1.807, 2.05) is 35.0 Å². The lowest BCUT2D eigenvalue weighted by Gasteiger charge is -2.22. The number of aromatic nitrogens is 3. The third kappa shape index (κ3) is 2.24. The minimum atomic E-state index is 0.692. The molecule has 104 valence electrons. The maximum absolute atomic E-state index is 4.55. The summed E-state index contributed by atoms with van der Waals surface area (Å²) in [7, 11) is 0. The van der Waals surface area contributed by atoms with Crippen molar-refractivity contribution in [3.05, 3.63) is 42.5 Å².